The first-order chi connectivity index (χ1) is 6.20. The monoisotopic (exact) mass is 204 g/mol. The number of unbranched alkanes of at least 4 members (excludes halogenated alkanes) is 1. The van der Waals surface area contributed by atoms with Gasteiger partial charge in [-0.1, -0.05) is 19.8 Å². The SMILES string of the molecule is CCCCC(S)CCC(=O)OCC. The van der Waals surface area contributed by atoms with Crippen molar-refractivity contribution in [1.82, 2.24) is 0 Å². The Balaban J connectivity index is 3.34. The molecule has 0 rings (SSSR count). The second kappa shape index (κ2) is 8.42. The summed E-state index contributed by atoms with van der Waals surface area (Å²) >= 11 is 4.40. The predicted molar refractivity (Wildman–Crippen MR) is 58.2 cm³/mol. The largest absolute Gasteiger partial charge is 0.466 e. The van der Waals surface area contributed by atoms with Crippen molar-refractivity contribution >= 4 is 18.6 Å². The topological polar surface area (TPSA) is 26.3 Å². The van der Waals surface area contributed by atoms with Crippen molar-refractivity contribution in [2.24, 2.45) is 0 Å². The van der Waals surface area contributed by atoms with Gasteiger partial charge in [0.2, 0.25) is 0 Å². The fourth-order valence-electron chi connectivity index (χ4n) is 1.10. The van der Waals surface area contributed by atoms with Crippen molar-refractivity contribution in [3.63, 3.8) is 0 Å². The Kier molecular flexibility index (Phi) is 8.30. The minimum atomic E-state index is -0.0990. The third-order valence-electron chi connectivity index (χ3n) is 1.88. The molecule has 0 saturated carbocycles. The van der Waals surface area contributed by atoms with E-state index in [0.29, 0.717) is 18.3 Å². The van der Waals surface area contributed by atoms with Crippen molar-refractivity contribution in [3.05, 3.63) is 0 Å². The molecule has 0 N–H and O–H groups in total. The summed E-state index contributed by atoms with van der Waals surface area (Å²) in [5, 5.41) is 0.351. The van der Waals surface area contributed by atoms with Gasteiger partial charge in [-0.3, -0.25) is 4.79 Å². The van der Waals surface area contributed by atoms with E-state index in [1.807, 2.05) is 6.92 Å². The van der Waals surface area contributed by atoms with Crippen LogP contribution < -0.4 is 0 Å². The Morgan fingerprint density at radius 1 is 1.38 bits per heavy atom. The van der Waals surface area contributed by atoms with Gasteiger partial charge in [-0.25, -0.2) is 0 Å². The van der Waals surface area contributed by atoms with Crippen LogP contribution >= 0.6 is 12.6 Å². The van der Waals surface area contributed by atoms with E-state index in [1.54, 1.807) is 0 Å². The summed E-state index contributed by atoms with van der Waals surface area (Å²) in [6, 6.07) is 0. The first-order valence-corrected chi connectivity index (χ1v) is 5.56. The van der Waals surface area contributed by atoms with Crippen LogP contribution in [0, 0.1) is 0 Å². The number of hydrogen-bond acceptors (Lipinski definition) is 3. The Hall–Kier alpha value is -0.180. The van der Waals surface area contributed by atoms with Crippen molar-refractivity contribution in [2.75, 3.05) is 6.61 Å². The molecule has 78 valence electrons. The molecule has 0 bridgehead atoms. The molecule has 3 heteroatoms. The zero-order valence-corrected chi connectivity index (χ0v) is 9.48. The minimum Gasteiger partial charge on any atom is -0.466 e. The van der Waals surface area contributed by atoms with Crippen LogP contribution in [0.3, 0.4) is 0 Å². The second-order valence-corrected chi connectivity index (χ2v) is 3.87. The third kappa shape index (κ3) is 8.16. The van der Waals surface area contributed by atoms with E-state index < -0.39 is 0 Å². The van der Waals surface area contributed by atoms with E-state index in [-0.39, 0.29) is 5.97 Å². The quantitative estimate of drug-likeness (QED) is 0.510. The number of ether oxygens (including phenoxy) is 1. The highest BCUT2D eigenvalue weighted by atomic mass is 32.1. The Morgan fingerprint density at radius 2 is 2.08 bits per heavy atom. The molecule has 0 aliphatic carbocycles. The summed E-state index contributed by atoms with van der Waals surface area (Å²) in [5.41, 5.74) is 0. The van der Waals surface area contributed by atoms with Gasteiger partial charge >= 0.3 is 5.97 Å². The number of hydrogen-bond donors (Lipinski definition) is 1. The first kappa shape index (κ1) is 12.8. The van der Waals surface area contributed by atoms with Crippen LogP contribution in [0.15, 0.2) is 0 Å². The fraction of sp³-hybridized carbons (Fsp3) is 0.900. The molecule has 13 heavy (non-hydrogen) atoms. The summed E-state index contributed by atoms with van der Waals surface area (Å²) in [4.78, 5) is 11.0. The van der Waals surface area contributed by atoms with Crippen LogP contribution in [0.4, 0.5) is 0 Å². The van der Waals surface area contributed by atoms with E-state index in [1.165, 1.54) is 12.8 Å². The van der Waals surface area contributed by atoms with Crippen LogP contribution in [-0.4, -0.2) is 17.8 Å². The maximum absolute atomic E-state index is 11.0. The van der Waals surface area contributed by atoms with Crippen molar-refractivity contribution in [2.45, 2.75) is 51.2 Å². The second-order valence-electron chi connectivity index (χ2n) is 3.14. The number of thiol groups is 1. The Morgan fingerprint density at radius 3 is 2.62 bits per heavy atom. The molecule has 0 spiro atoms. The lowest BCUT2D eigenvalue weighted by Gasteiger charge is -2.08. The highest BCUT2D eigenvalue weighted by Crippen LogP contribution is 2.13. The molecule has 0 aromatic heterocycles. The summed E-state index contributed by atoms with van der Waals surface area (Å²) in [6.45, 7) is 4.46. The van der Waals surface area contributed by atoms with E-state index in [2.05, 4.69) is 19.6 Å². The Bertz CT molecular complexity index is 137. The van der Waals surface area contributed by atoms with Crippen molar-refractivity contribution in [3.8, 4) is 0 Å². The van der Waals surface area contributed by atoms with Crippen LogP contribution in [-0.2, 0) is 9.53 Å². The molecule has 0 aliphatic heterocycles. The number of carbonyl (C=O) groups excluding carboxylic acids is 1. The molecule has 0 aromatic rings. The molecule has 0 heterocycles. The van der Waals surface area contributed by atoms with Crippen molar-refractivity contribution in [1.29, 1.82) is 0 Å². The zero-order valence-electron chi connectivity index (χ0n) is 8.58. The summed E-state index contributed by atoms with van der Waals surface area (Å²) < 4.78 is 4.82. The smallest absolute Gasteiger partial charge is 0.305 e. The standard InChI is InChI=1S/C10H20O2S/c1-3-5-6-9(13)7-8-10(11)12-4-2/h9,13H,3-8H2,1-2H3. The molecule has 1 atom stereocenters. The third-order valence-corrected chi connectivity index (χ3v) is 2.39. The van der Waals surface area contributed by atoms with Crippen LogP contribution in [0.25, 0.3) is 0 Å². The van der Waals surface area contributed by atoms with Gasteiger partial charge in [-0.05, 0) is 19.8 Å². The normalized spacial score (nSPS) is 12.5. The summed E-state index contributed by atoms with van der Waals surface area (Å²) in [5.74, 6) is -0.0990. The van der Waals surface area contributed by atoms with E-state index in [9.17, 15) is 4.79 Å². The van der Waals surface area contributed by atoms with E-state index in [0.717, 1.165) is 12.8 Å². The lowest BCUT2D eigenvalue weighted by molar-refractivity contribution is -0.143. The lowest BCUT2D eigenvalue weighted by atomic mass is 10.1. The predicted octanol–water partition coefficient (Wildman–Crippen LogP) is 2.82. The molecule has 0 radical (unpaired) electrons. The van der Waals surface area contributed by atoms with Gasteiger partial charge in [-0.15, -0.1) is 0 Å². The lowest BCUT2D eigenvalue weighted by Crippen LogP contribution is -2.07. The van der Waals surface area contributed by atoms with E-state index in [4.69, 9.17) is 4.74 Å². The average molecular weight is 204 g/mol. The number of carbonyl (C=O) groups is 1. The molecule has 0 aliphatic rings. The molecule has 2 nitrogen and oxygen atoms in total. The van der Waals surface area contributed by atoms with Gasteiger partial charge in [-0.2, -0.15) is 12.6 Å². The van der Waals surface area contributed by atoms with Gasteiger partial charge < -0.3 is 4.74 Å². The highest BCUT2D eigenvalue weighted by Gasteiger charge is 2.07. The van der Waals surface area contributed by atoms with Gasteiger partial charge in [0.1, 0.15) is 0 Å². The van der Waals surface area contributed by atoms with Gasteiger partial charge in [0, 0.05) is 11.7 Å². The first-order valence-electron chi connectivity index (χ1n) is 5.04. The molecule has 0 fully saturated rings. The van der Waals surface area contributed by atoms with Crippen molar-refractivity contribution < 1.29 is 9.53 Å². The molecular weight excluding hydrogens is 184 g/mol. The van der Waals surface area contributed by atoms with Crippen LogP contribution in [0.2, 0.25) is 0 Å². The highest BCUT2D eigenvalue weighted by molar-refractivity contribution is 7.80. The fourth-order valence-corrected chi connectivity index (χ4v) is 1.41. The minimum absolute atomic E-state index is 0.0990. The molecule has 1 unspecified atom stereocenters. The zero-order chi connectivity index (χ0) is 10.1. The Labute approximate surface area is 86.5 Å². The van der Waals surface area contributed by atoms with Crippen LogP contribution in [0.1, 0.15) is 46.0 Å². The molecule has 0 aromatic carbocycles. The molecular formula is C10H20O2S. The van der Waals surface area contributed by atoms with Gasteiger partial charge in [0.05, 0.1) is 6.61 Å². The summed E-state index contributed by atoms with van der Waals surface area (Å²) in [6.07, 6.45) is 4.82. The molecule has 0 amide bonds. The maximum atomic E-state index is 11.0. The average Bonchev–Trinajstić information content (AvgIpc) is 2.12. The van der Waals surface area contributed by atoms with Crippen LogP contribution in [0.5, 0.6) is 0 Å². The summed E-state index contributed by atoms with van der Waals surface area (Å²) in [7, 11) is 0. The molecule has 0 saturated heterocycles. The van der Waals surface area contributed by atoms with E-state index >= 15 is 0 Å². The number of rotatable bonds is 7. The maximum Gasteiger partial charge on any atom is 0.305 e. The number of esters is 1. The van der Waals surface area contributed by atoms with Gasteiger partial charge in [0.25, 0.3) is 0 Å². The van der Waals surface area contributed by atoms with Gasteiger partial charge in [0.15, 0.2) is 0 Å².